The number of nitrogens with zero attached hydrogens (tertiary/aromatic N) is 2. The van der Waals surface area contributed by atoms with Gasteiger partial charge in [0.25, 0.3) is 5.91 Å². The van der Waals surface area contributed by atoms with Crippen molar-refractivity contribution in [2.75, 3.05) is 13.1 Å². The van der Waals surface area contributed by atoms with Gasteiger partial charge in [0.05, 0.1) is 0 Å². The second-order valence-corrected chi connectivity index (χ2v) is 14.3. The number of hydrazone groups is 1. The number of amides is 2. The Morgan fingerprint density at radius 3 is 2.41 bits per heavy atom. The molecule has 5 rings (SSSR count). The van der Waals surface area contributed by atoms with E-state index in [2.05, 4.69) is 55.5 Å². The molecular formula is C36H50Cl2N4O4. The van der Waals surface area contributed by atoms with Gasteiger partial charge >= 0.3 is 5.97 Å². The number of allylic oxidation sites excluding steroid dienone is 5. The minimum absolute atomic E-state index is 0.00196. The van der Waals surface area contributed by atoms with E-state index in [1.165, 1.54) is 11.1 Å². The van der Waals surface area contributed by atoms with Crippen molar-refractivity contribution in [3.63, 3.8) is 0 Å². The van der Waals surface area contributed by atoms with Gasteiger partial charge < -0.3 is 15.3 Å². The van der Waals surface area contributed by atoms with Gasteiger partial charge in [-0.05, 0) is 69.4 Å². The molecule has 8 atom stereocenters. The zero-order chi connectivity index (χ0) is 34.0. The number of rotatable bonds is 16. The van der Waals surface area contributed by atoms with Crippen molar-refractivity contribution in [2.45, 2.75) is 91.0 Å². The van der Waals surface area contributed by atoms with Crippen molar-refractivity contribution in [3.8, 4) is 0 Å². The number of hydrogen-bond donors (Lipinski definition) is 3. The summed E-state index contributed by atoms with van der Waals surface area (Å²) in [4.78, 5) is 41.2. The Bertz CT molecular complexity index is 1400. The molecule has 2 bridgehead atoms. The van der Waals surface area contributed by atoms with Crippen LogP contribution in [0.4, 0.5) is 0 Å². The molecule has 5 aliphatic rings. The Morgan fingerprint density at radius 2 is 1.85 bits per heavy atom. The van der Waals surface area contributed by atoms with E-state index in [4.69, 9.17) is 23.2 Å². The summed E-state index contributed by atoms with van der Waals surface area (Å²) in [6.07, 6.45) is 13.5. The van der Waals surface area contributed by atoms with Gasteiger partial charge in [0.15, 0.2) is 0 Å². The zero-order valence-corrected chi connectivity index (χ0v) is 29.5. The van der Waals surface area contributed by atoms with Crippen molar-refractivity contribution in [1.82, 2.24) is 15.6 Å². The second-order valence-electron chi connectivity index (χ2n) is 13.5. The lowest BCUT2D eigenvalue weighted by Crippen LogP contribution is -2.76. The molecule has 1 aliphatic heterocycles. The third-order valence-electron chi connectivity index (χ3n) is 11.4. The highest BCUT2D eigenvalue weighted by Gasteiger charge is 3.13. The number of alkyl halides is 1. The second kappa shape index (κ2) is 14.1. The quantitative estimate of drug-likeness (QED) is 0.0541. The molecule has 46 heavy (non-hydrogen) atoms. The molecule has 0 aromatic carbocycles. The number of carbonyl (C=O) groups is 3. The van der Waals surface area contributed by atoms with Crippen LogP contribution in [0.15, 0.2) is 63.4 Å². The fraction of sp³-hybridized carbons (Fsp3) is 0.611. The van der Waals surface area contributed by atoms with Gasteiger partial charge in [-0.25, -0.2) is 4.79 Å². The van der Waals surface area contributed by atoms with Gasteiger partial charge in [-0.1, -0.05) is 68.7 Å². The van der Waals surface area contributed by atoms with Crippen LogP contribution < -0.4 is 10.7 Å². The fourth-order valence-electron chi connectivity index (χ4n) is 8.97. The SMILES string of the molecule is C=NN/C=C/C(=C\CC)C(=O)N1CCC(C(Cl)CCC(=O)NC2(C(=O)O)C3[C@@H]4[C@@]3(/C=C(C)/C(=C\CC)CC)[C@]42C)C(/C(C)=C/Cl)C1. The highest BCUT2D eigenvalue weighted by Crippen LogP contribution is 3.08. The van der Waals surface area contributed by atoms with E-state index in [1.54, 1.807) is 17.8 Å². The van der Waals surface area contributed by atoms with Crippen molar-refractivity contribution < 1.29 is 19.5 Å². The number of carbonyl (C=O) groups excluding carboxylic acids is 2. The highest BCUT2D eigenvalue weighted by molar-refractivity contribution is 6.25. The van der Waals surface area contributed by atoms with Crippen LogP contribution in [0.3, 0.4) is 0 Å². The van der Waals surface area contributed by atoms with Crippen LogP contribution in [0.1, 0.15) is 80.1 Å². The van der Waals surface area contributed by atoms with Crippen molar-refractivity contribution in [1.29, 1.82) is 0 Å². The molecular weight excluding hydrogens is 623 g/mol. The van der Waals surface area contributed by atoms with Gasteiger partial charge in [-0.2, -0.15) is 5.10 Å². The minimum atomic E-state index is -1.23. The molecule has 5 unspecified atom stereocenters. The molecule has 1 saturated heterocycles. The summed E-state index contributed by atoms with van der Waals surface area (Å²) >= 11 is 13.2. The van der Waals surface area contributed by atoms with Crippen LogP contribution in [0, 0.1) is 34.5 Å². The molecule has 252 valence electrons. The average Bonchev–Trinajstić information content (AvgIpc) is 3.85. The Labute approximate surface area is 284 Å². The maximum Gasteiger partial charge on any atom is 0.330 e. The highest BCUT2D eigenvalue weighted by atomic mass is 35.5. The van der Waals surface area contributed by atoms with E-state index in [-0.39, 0.29) is 46.8 Å². The van der Waals surface area contributed by atoms with Crippen molar-refractivity contribution in [2.24, 2.45) is 39.6 Å². The largest absolute Gasteiger partial charge is 0.479 e. The van der Waals surface area contributed by atoms with Crippen LogP contribution in [-0.4, -0.2) is 58.5 Å². The summed E-state index contributed by atoms with van der Waals surface area (Å²) in [6, 6.07) is 0. The molecule has 4 saturated carbocycles. The van der Waals surface area contributed by atoms with Crippen molar-refractivity contribution in [3.05, 3.63) is 58.3 Å². The van der Waals surface area contributed by atoms with E-state index in [0.29, 0.717) is 43.8 Å². The number of carboxylic acids is 1. The van der Waals surface area contributed by atoms with E-state index in [1.807, 2.05) is 31.7 Å². The first-order valence-electron chi connectivity index (χ1n) is 16.6. The minimum Gasteiger partial charge on any atom is -0.479 e. The molecule has 0 spiro atoms. The Kier molecular flexibility index (Phi) is 11.0. The van der Waals surface area contributed by atoms with Crippen LogP contribution in [0.5, 0.6) is 0 Å². The smallest absolute Gasteiger partial charge is 0.330 e. The first kappa shape index (κ1) is 36.0. The number of carboxylic acid groups (broad SMARTS) is 1. The predicted molar refractivity (Wildman–Crippen MR) is 185 cm³/mol. The Morgan fingerprint density at radius 1 is 1.15 bits per heavy atom. The number of halogens is 2. The van der Waals surface area contributed by atoms with E-state index >= 15 is 0 Å². The number of nitrogens with one attached hydrogen (secondary N) is 2. The lowest BCUT2D eigenvalue weighted by Gasteiger charge is -2.58. The number of hydrogen-bond acceptors (Lipinski definition) is 5. The lowest BCUT2D eigenvalue weighted by atomic mass is 9.49. The van der Waals surface area contributed by atoms with Gasteiger partial charge in [-0.15, -0.1) is 11.6 Å². The van der Waals surface area contributed by atoms with Crippen LogP contribution in [0.25, 0.3) is 0 Å². The molecule has 0 radical (unpaired) electrons. The molecule has 8 nitrogen and oxygen atoms in total. The third-order valence-corrected chi connectivity index (χ3v) is 12.3. The van der Waals surface area contributed by atoms with Crippen molar-refractivity contribution >= 4 is 47.7 Å². The fourth-order valence-corrected chi connectivity index (χ4v) is 9.55. The standard InChI is InChI=1S/C36H50Cl2N4O4/c1-8-11-24(10-3)22(4)19-35-30-31(35)36(33(45)46,34(30,35)6)41-29(43)14-13-28(38)26-16-18-42(21-27(26)23(5)20-37)32(44)25(12-9-2)15-17-40-39-7/h11-12,15,17,19-20,26-28,30-31,40H,7-10,13-14,16,18,21H2,1-6H3,(H,41,43)(H,45,46)/b17-15+,22-19+,23-20+,24-11-,25-12+/t26?,27?,28?,30-,31?,34-,35+,36?/m0/s1. The summed E-state index contributed by atoms with van der Waals surface area (Å²) in [5, 5.41) is 16.6. The Balaban J connectivity index is 1.39. The topological polar surface area (TPSA) is 111 Å². The third kappa shape index (κ3) is 5.67. The van der Waals surface area contributed by atoms with Gasteiger partial charge in [-0.3, -0.25) is 15.0 Å². The van der Waals surface area contributed by atoms with Crippen LogP contribution in [0.2, 0.25) is 0 Å². The summed E-state index contributed by atoms with van der Waals surface area (Å²) in [6.45, 7) is 16.7. The average molecular weight is 674 g/mol. The van der Waals surface area contributed by atoms with E-state index in [9.17, 15) is 19.5 Å². The lowest BCUT2D eigenvalue weighted by molar-refractivity contribution is -0.175. The van der Waals surface area contributed by atoms with E-state index < -0.39 is 16.9 Å². The summed E-state index contributed by atoms with van der Waals surface area (Å²) in [7, 11) is 0. The molecule has 1 heterocycles. The number of aliphatic carboxylic acids is 1. The van der Waals surface area contributed by atoms with Gasteiger partial charge in [0.2, 0.25) is 5.91 Å². The molecule has 0 aromatic heterocycles. The van der Waals surface area contributed by atoms with Gasteiger partial charge in [0, 0.05) is 71.6 Å². The van der Waals surface area contributed by atoms with E-state index in [0.717, 1.165) is 18.4 Å². The molecule has 2 amide bonds. The normalized spacial score (nSPS) is 34.4. The molecule has 3 N–H and O–H groups in total. The van der Waals surface area contributed by atoms with Gasteiger partial charge in [0.1, 0.15) is 5.54 Å². The monoisotopic (exact) mass is 672 g/mol. The number of likely N-dealkylation sites (tertiary alicyclic amines) is 1. The first-order valence-corrected chi connectivity index (χ1v) is 17.5. The molecule has 10 heteroatoms. The maximum absolute atomic E-state index is 13.4. The Hall–Kier alpha value is -2.84. The number of piperidine rings is 1. The zero-order valence-electron chi connectivity index (χ0n) is 28.0. The molecule has 5 fully saturated rings. The summed E-state index contributed by atoms with van der Waals surface area (Å²) < 4.78 is 0. The molecule has 4 aliphatic carbocycles. The molecule has 0 aromatic rings. The predicted octanol–water partition coefficient (Wildman–Crippen LogP) is 6.93. The summed E-state index contributed by atoms with van der Waals surface area (Å²) in [5.74, 6) is -1.14. The first-order chi connectivity index (χ1) is 21.9. The van der Waals surface area contributed by atoms with Crippen LogP contribution >= 0.6 is 23.2 Å². The maximum atomic E-state index is 13.4. The summed E-state index contributed by atoms with van der Waals surface area (Å²) in [5.41, 5.74) is 6.38. The van der Waals surface area contributed by atoms with Crippen LogP contribution in [-0.2, 0) is 14.4 Å².